The fourth-order valence-electron chi connectivity index (χ4n) is 4.68. The zero-order valence-electron chi connectivity index (χ0n) is 20.7. The molecule has 4 rings (SSSR count). The average Bonchev–Trinajstić information content (AvgIpc) is 2.91. The number of benzene rings is 3. The molecule has 1 saturated heterocycles. The third-order valence-electron chi connectivity index (χ3n) is 6.68. The van der Waals surface area contributed by atoms with Crippen LogP contribution in [-0.4, -0.2) is 41.8 Å². The lowest BCUT2D eigenvalue weighted by Gasteiger charge is -2.34. The number of nitrogens with zero attached hydrogens (tertiary/aromatic N) is 1. The van der Waals surface area contributed by atoms with Gasteiger partial charge in [0.15, 0.2) is 5.78 Å². The number of piperidine rings is 1. The van der Waals surface area contributed by atoms with Gasteiger partial charge in [0.05, 0.1) is 0 Å². The van der Waals surface area contributed by atoms with E-state index >= 15 is 0 Å². The van der Waals surface area contributed by atoms with Crippen LogP contribution in [0, 0.1) is 12.8 Å². The van der Waals surface area contributed by atoms with Crippen molar-refractivity contribution in [3.05, 3.63) is 102 Å². The lowest BCUT2D eigenvalue weighted by Crippen LogP contribution is -2.52. The summed E-state index contributed by atoms with van der Waals surface area (Å²) in [7, 11) is 0. The van der Waals surface area contributed by atoms with Gasteiger partial charge in [-0.2, -0.15) is 0 Å². The van der Waals surface area contributed by atoms with Crippen LogP contribution in [0.2, 0.25) is 0 Å². The van der Waals surface area contributed by atoms with Gasteiger partial charge in [-0.05, 0) is 55.9 Å². The molecule has 36 heavy (non-hydrogen) atoms. The van der Waals surface area contributed by atoms with Crippen molar-refractivity contribution >= 4 is 23.4 Å². The Hall–Kier alpha value is -3.93. The Labute approximate surface area is 212 Å². The van der Waals surface area contributed by atoms with E-state index in [2.05, 4.69) is 10.6 Å². The number of urea groups is 1. The summed E-state index contributed by atoms with van der Waals surface area (Å²) in [6, 6.07) is 25.8. The molecule has 3 aromatic rings. The quantitative estimate of drug-likeness (QED) is 0.430. The van der Waals surface area contributed by atoms with Gasteiger partial charge in [0.1, 0.15) is 6.04 Å². The molecule has 1 aliphatic rings. The van der Waals surface area contributed by atoms with E-state index < -0.39 is 12.1 Å². The largest absolute Gasteiger partial charge is 0.341 e. The second-order valence-electron chi connectivity index (χ2n) is 9.37. The van der Waals surface area contributed by atoms with Crippen LogP contribution in [-0.2, 0) is 11.2 Å². The maximum Gasteiger partial charge on any atom is 0.319 e. The molecule has 2 N–H and O–H groups in total. The van der Waals surface area contributed by atoms with Crippen molar-refractivity contribution < 1.29 is 14.4 Å². The van der Waals surface area contributed by atoms with Crippen LogP contribution in [0.1, 0.15) is 40.7 Å². The van der Waals surface area contributed by atoms with E-state index in [4.69, 9.17) is 0 Å². The number of rotatable bonds is 8. The first kappa shape index (κ1) is 25.2. The molecule has 1 aliphatic heterocycles. The normalized spacial score (nSPS) is 14.6. The van der Waals surface area contributed by atoms with Crippen LogP contribution >= 0.6 is 0 Å². The Bertz CT molecular complexity index is 1170. The maximum absolute atomic E-state index is 13.5. The fourth-order valence-corrected chi connectivity index (χ4v) is 4.68. The number of likely N-dealkylation sites (tertiary alicyclic amines) is 1. The molecule has 1 atom stereocenters. The summed E-state index contributed by atoms with van der Waals surface area (Å²) in [4.78, 5) is 40.9. The molecular weight excluding hydrogens is 450 g/mol. The summed E-state index contributed by atoms with van der Waals surface area (Å²) in [6.45, 7) is 2.97. The number of Topliss-reactive ketones (excluding diaryl/α,β-unsaturated/α-hetero) is 1. The summed E-state index contributed by atoms with van der Waals surface area (Å²) < 4.78 is 0. The highest BCUT2D eigenvalue weighted by atomic mass is 16.2. The Kier molecular flexibility index (Phi) is 8.50. The van der Waals surface area contributed by atoms with Crippen molar-refractivity contribution in [2.45, 2.75) is 38.6 Å². The Balaban J connectivity index is 1.39. The van der Waals surface area contributed by atoms with Gasteiger partial charge in [-0.25, -0.2) is 4.79 Å². The van der Waals surface area contributed by atoms with Crippen LogP contribution in [0.15, 0.2) is 84.9 Å². The maximum atomic E-state index is 13.5. The lowest BCUT2D eigenvalue weighted by atomic mass is 9.88. The predicted octanol–water partition coefficient (Wildman–Crippen LogP) is 5.24. The van der Waals surface area contributed by atoms with Gasteiger partial charge in [0.2, 0.25) is 5.91 Å². The van der Waals surface area contributed by atoms with Crippen LogP contribution in [0.25, 0.3) is 0 Å². The SMILES string of the molecule is Cc1cccc(NC(=O)N[C@H](CCc2ccccc2)C(=O)N2CCC(C(=O)c3ccccc3)CC2)c1. The van der Waals surface area contributed by atoms with Gasteiger partial charge >= 0.3 is 6.03 Å². The number of anilines is 1. The first-order valence-corrected chi connectivity index (χ1v) is 12.6. The van der Waals surface area contributed by atoms with Gasteiger partial charge in [-0.1, -0.05) is 72.8 Å². The van der Waals surface area contributed by atoms with Crippen molar-refractivity contribution in [1.29, 1.82) is 0 Å². The molecule has 186 valence electrons. The van der Waals surface area contributed by atoms with Gasteiger partial charge in [0, 0.05) is 30.3 Å². The van der Waals surface area contributed by atoms with Crippen LogP contribution in [0.4, 0.5) is 10.5 Å². The molecule has 1 heterocycles. The summed E-state index contributed by atoms with van der Waals surface area (Å²) in [5.41, 5.74) is 3.56. The van der Waals surface area contributed by atoms with E-state index in [0.29, 0.717) is 44.5 Å². The minimum Gasteiger partial charge on any atom is -0.341 e. The van der Waals surface area contributed by atoms with Crippen molar-refractivity contribution in [3.8, 4) is 0 Å². The predicted molar refractivity (Wildman–Crippen MR) is 142 cm³/mol. The first-order valence-electron chi connectivity index (χ1n) is 12.6. The smallest absolute Gasteiger partial charge is 0.319 e. The number of carbonyl (C=O) groups is 3. The summed E-state index contributed by atoms with van der Waals surface area (Å²) in [6.07, 6.45) is 2.42. The third kappa shape index (κ3) is 6.81. The molecule has 3 amide bonds. The molecule has 0 aromatic heterocycles. The first-order chi connectivity index (χ1) is 17.5. The molecule has 0 spiro atoms. The van der Waals surface area contributed by atoms with E-state index in [9.17, 15) is 14.4 Å². The molecule has 1 fully saturated rings. The highest BCUT2D eigenvalue weighted by molar-refractivity contribution is 5.98. The number of aryl methyl sites for hydroxylation is 2. The number of carbonyl (C=O) groups excluding carboxylic acids is 3. The lowest BCUT2D eigenvalue weighted by molar-refractivity contribution is -0.134. The molecule has 0 unspecified atom stereocenters. The van der Waals surface area contributed by atoms with Crippen molar-refractivity contribution in [1.82, 2.24) is 10.2 Å². The molecule has 3 aromatic carbocycles. The summed E-state index contributed by atoms with van der Waals surface area (Å²) in [5.74, 6) is -0.0493. The highest BCUT2D eigenvalue weighted by Crippen LogP contribution is 2.23. The fraction of sp³-hybridized carbons (Fsp3) is 0.300. The second-order valence-corrected chi connectivity index (χ2v) is 9.37. The zero-order chi connectivity index (χ0) is 25.3. The molecule has 0 radical (unpaired) electrons. The van der Waals surface area contributed by atoms with Crippen LogP contribution < -0.4 is 10.6 Å². The third-order valence-corrected chi connectivity index (χ3v) is 6.68. The van der Waals surface area contributed by atoms with Crippen LogP contribution in [0.5, 0.6) is 0 Å². The van der Waals surface area contributed by atoms with E-state index in [-0.39, 0.29) is 17.6 Å². The Morgan fingerprint density at radius 3 is 2.22 bits per heavy atom. The summed E-state index contributed by atoms with van der Waals surface area (Å²) >= 11 is 0. The Morgan fingerprint density at radius 2 is 1.56 bits per heavy atom. The molecular formula is C30H33N3O3. The van der Waals surface area contributed by atoms with Gasteiger partial charge in [-0.15, -0.1) is 0 Å². The number of amides is 3. The topological polar surface area (TPSA) is 78.5 Å². The van der Waals surface area contributed by atoms with Gasteiger partial charge in [0.25, 0.3) is 0 Å². The molecule has 6 nitrogen and oxygen atoms in total. The van der Waals surface area contributed by atoms with Gasteiger partial charge < -0.3 is 15.5 Å². The van der Waals surface area contributed by atoms with E-state index in [1.165, 1.54) is 0 Å². The number of nitrogens with one attached hydrogen (secondary N) is 2. The summed E-state index contributed by atoms with van der Waals surface area (Å²) in [5, 5.41) is 5.75. The molecule has 6 heteroatoms. The Morgan fingerprint density at radius 1 is 0.889 bits per heavy atom. The monoisotopic (exact) mass is 483 g/mol. The molecule has 0 saturated carbocycles. The van der Waals surface area contributed by atoms with Crippen molar-refractivity contribution in [2.24, 2.45) is 5.92 Å². The molecule has 0 bridgehead atoms. The zero-order valence-corrected chi connectivity index (χ0v) is 20.7. The number of hydrogen-bond donors (Lipinski definition) is 2. The number of ketones is 1. The van der Waals surface area contributed by atoms with E-state index in [1.54, 1.807) is 4.90 Å². The van der Waals surface area contributed by atoms with Crippen molar-refractivity contribution in [3.63, 3.8) is 0 Å². The highest BCUT2D eigenvalue weighted by Gasteiger charge is 2.31. The minimum absolute atomic E-state index is 0.0863. The van der Waals surface area contributed by atoms with Crippen molar-refractivity contribution in [2.75, 3.05) is 18.4 Å². The standard InChI is InChI=1S/C30H33N3O3/c1-22-9-8-14-26(21-22)31-30(36)32-27(16-15-23-10-4-2-5-11-23)29(35)33-19-17-25(18-20-33)28(34)24-12-6-3-7-13-24/h2-14,21,25,27H,15-20H2,1H3,(H2,31,32,36)/t27-/m1/s1. The van der Waals surface area contributed by atoms with E-state index in [0.717, 1.165) is 16.7 Å². The van der Waals surface area contributed by atoms with E-state index in [1.807, 2.05) is 91.9 Å². The van der Waals surface area contributed by atoms with Crippen LogP contribution in [0.3, 0.4) is 0 Å². The number of hydrogen-bond acceptors (Lipinski definition) is 3. The molecule has 0 aliphatic carbocycles. The minimum atomic E-state index is -0.656. The second kappa shape index (κ2) is 12.2. The average molecular weight is 484 g/mol. The van der Waals surface area contributed by atoms with Gasteiger partial charge in [-0.3, -0.25) is 9.59 Å².